The van der Waals surface area contributed by atoms with Crippen molar-refractivity contribution in [2.75, 3.05) is 6.61 Å². The summed E-state index contributed by atoms with van der Waals surface area (Å²) in [6.07, 6.45) is 2.42. The number of benzene rings is 1. The molecule has 1 aromatic rings. The van der Waals surface area contributed by atoms with E-state index in [2.05, 4.69) is 24.4 Å². The maximum Gasteiger partial charge on any atom is 0.277 e. The number of hydrogen-bond donors (Lipinski definition) is 1. The van der Waals surface area contributed by atoms with Gasteiger partial charge in [-0.2, -0.15) is 5.10 Å². The summed E-state index contributed by atoms with van der Waals surface area (Å²) in [7, 11) is 0. The summed E-state index contributed by atoms with van der Waals surface area (Å²) in [5.41, 5.74) is 3.64. The lowest BCUT2D eigenvalue weighted by Gasteiger charge is -2.08. The number of amides is 1. The molecule has 0 saturated heterocycles. The van der Waals surface area contributed by atoms with Crippen molar-refractivity contribution < 1.29 is 9.53 Å². The first-order valence-corrected chi connectivity index (χ1v) is 6.16. The van der Waals surface area contributed by atoms with Crippen LogP contribution < -0.4 is 10.2 Å². The number of carbonyl (C=O) groups excluding carboxylic acids is 1. The van der Waals surface area contributed by atoms with Gasteiger partial charge in [0.2, 0.25) is 0 Å². The van der Waals surface area contributed by atoms with Gasteiger partial charge in [-0.3, -0.25) is 4.79 Å². The van der Waals surface area contributed by atoms with Crippen molar-refractivity contribution >= 4 is 12.1 Å². The maximum absolute atomic E-state index is 11.3. The topological polar surface area (TPSA) is 50.7 Å². The van der Waals surface area contributed by atoms with Crippen LogP contribution in [0.4, 0.5) is 0 Å². The molecule has 4 heteroatoms. The Balaban J connectivity index is 2.39. The second-order valence-corrected chi connectivity index (χ2v) is 4.27. The Labute approximate surface area is 108 Å². The van der Waals surface area contributed by atoms with Crippen molar-refractivity contribution in [1.29, 1.82) is 0 Å². The zero-order valence-electron chi connectivity index (χ0n) is 11.1. The highest BCUT2D eigenvalue weighted by atomic mass is 16.5. The molecule has 0 bridgehead atoms. The van der Waals surface area contributed by atoms with Crippen LogP contribution in [0.5, 0.6) is 5.75 Å². The fourth-order valence-corrected chi connectivity index (χ4v) is 1.34. The minimum absolute atomic E-state index is 0.0257. The molecule has 1 rings (SSSR count). The van der Waals surface area contributed by atoms with Gasteiger partial charge in [0, 0.05) is 6.21 Å². The summed E-state index contributed by atoms with van der Waals surface area (Å²) < 4.78 is 5.35. The van der Waals surface area contributed by atoms with Crippen LogP contribution in [-0.2, 0) is 4.79 Å². The molecule has 18 heavy (non-hydrogen) atoms. The lowest BCUT2D eigenvalue weighted by molar-refractivity contribution is -0.123. The van der Waals surface area contributed by atoms with Crippen LogP contribution in [0.25, 0.3) is 0 Å². The predicted molar refractivity (Wildman–Crippen MR) is 73.0 cm³/mol. The zero-order valence-corrected chi connectivity index (χ0v) is 11.1. The van der Waals surface area contributed by atoms with Gasteiger partial charge in [-0.05, 0) is 30.0 Å². The van der Waals surface area contributed by atoms with E-state index in [0.29, 0.717) is 11.7 Å². The Hall–Kier alpha value is -1.84. The van der Waals surface area contributed by atoms with Crippen LogP contribution in [0, 0.1) is 0 Å². The van der Waals surface area contributed by atoms with Gasteiger partial charge in [0.05, 0.1) is 0 Å². The van der Waals surface area contributed by atoms with Crippen LogP contribution in [0.1, 0.15) is 38.7 Å². The second-order valence-electron chi connectivity index (χ2n) is 4.27. The van der Waals surface area contributed by atoms with E-state index in [1.165, 1.54) is 5.56 Å². The van der Waals surface area contributed by atoms with Gasteiger partial charge >= 0.3 is 0 Å². The first-order valence-electron chi connectivity index (χ1n) is 6.16. The summed E-state index contributed by atoms with van der Waals surface area (Å²) in [6.45, 7) is 6.19. The number of hydrogen-bond acceptors (Lipinski definition) is 3. The van der Waals surface area contributed by atoms with E-state index in [4.69, 9.17) is 4.74 Å². The van der Waals surface area contributed by atoms with Gasteiger partial charge < -0.3 is 4.74 Å². The number of carbonyl (C=O) groups is 1. The van der Waals surface area contributed by atoms with Crippen LogP contribution in [0.15, 0.2) is 29.4 Å². The van der Waals surface area contributed by atoms with Crippen molar-refractivity contribution in [2.24, 2.45) is 5.10 Å². The van der Waals surface area contributed by atoms with Crippen LogP contribution in [0.2, 0.25) is 0 Å². The Morgan fingerprint density at radius 1 is 1.39 bits per heavy atom. The highest BCUT2D eigenvalue weighted by Gasteiger charge is 2.02. The fourth-order valence-electron chi connectivity index (χ4n) is 1.34. The Morgan fingerprint density at radius 2 is 2.06 bits per heavy atom. The molecule has 0 unspecified atom stereocenters. The van der Waals surface area contributed by atoms with E-state index in [9.17, 15) is 4.79 Å². The van der Waals surface area contributed by atoms with Crippen molar-refractivity contribution in [2.45, 2.75) is 33.1 Å². The first kappa shape index (κ1) is 14.2. The van der Waals surface area contributed by atoms with E-state index in [1.807, 2.05) is 31.2 Å². The molecule has 1 N–H and O–H groups in total. The van der Waals surface area contributed by atoms with E-state index in [-0.39, 0.29) is 12.5 Å². The van der Waals surface area contributed by atoms with Gasteiger partial charge in [-0.15, -0.1) is 0 Å². The van der Waals surface area contributed by atoms with Crippen molar-refractivity contribution in [3.8, 4) is 5.75 Å². The van der Waals surface area contributed by atoms with E-state index >= 15 is 0 Å². The van der Waals surface area contributed by atoms with Gasteiger partial charge in [-0.25, -0.2) is 5.43 Å². The minimum atomic E-state index is -0.257. The number of nitrogens with one attached hydrogen (secondary N) is 1. The third kappa shape index (κ3) is 4.99. The minimum Gasteiger partial charge on any atom is -0.484 e. The Kier molecular flexibility index (Phi) is 5.91. The molecular weight excluding hydrogens is 228 g/mol. The average Bonchev–Trinajstić information content (AvgIpc) is 2.37. The number of hydrazone groups is 1. The highest BCUT2D eigenvalue weighted by molar-refractivity contribution is 5.78. The molecule has 98 valence electrons. The van der Waals surface area contributed by atoms with Crippen molar-refractivity contribution in [3.63, 3.8) is 0 Å². The summed E-state index contributed by atoms with van der Waals surface area (Å²) >= 11 is 0. The molecule has 0 heterocycles. The molecule has 1 aromatic carbocycles. The summed E-state index contributed by atoms with van der Waals surface area (Å²) in [5, 5.41) is 3.73. The lowest BCUT2D eigenvalue weighted by atomic mass is 10.0. The maximum atomic E-state index is 11.3. The Morgan fingerprint density at radius 3 is 2.61 bits per heavy atom. The van der Waals surface area contributed by atoms with E-state index in [1.54, 1.807) is 6.21 Å². The van der Waals surface area contributed by atoms with Gasteiger partial charge in [0.15, 0.2) is 6.61 Å². The molecule has 0 aliphatic rings. The SMILES string of the molecule is CCC=NNC(=O)COc1ccc(C(C)C)cc1. The predicted octanol–water partition coefficient (Wildman–Crippen LogP) is 2.70. The standard InChI is InChI=1S/C14H20N2O2/c1-4-9-15-16-14(17)10-18-13-7-5-12(6-8-13)11(2)3/h5-9,11H,4,10H2,1-3H3,(H,16,17). The second kappa shape index (κ2) is 7.48. The fraction of sp³-hybridized carbons (Fsp3) is 0.429. The summed E-state index contributed by atoms with van der Waals surface area (Å²) in [6, 6.07) is 7.76. The summed E-state index contributed by atoms with van der Waals surface area (Å²) in [5.74, 6) is 0.924. The van der Waals surface area contributed by atoms with E-state index in [0.717, 1.165) is 6.42 Å². The van der Waals surface area contributed by atoms with E-state index < -0.39 is 0 Å². The molecular formula is C14H20N2O2. The smallest absolute Gasteiger partial charge is 0.277 e. The quantitative estimate of drug-likeness (QED) is 0.621. The highest BCUT2D eigenvalue weighted by Crippen LogP contribution is 2.18. The molecule has 0 saturated carbocycles. The molecule has 0 atom stereocenters. The molecule has 0 aliphatic heterocycles. The average molecular weight is 248 g/mol. The number of nitrogens with zero attached hydrogens (tertiary/aromatic N) is 1. The van der Waals surface area contributed by atoms with Gasteiger partial charge in [0.1, 0.15) is 5.75 Å². The van der Waals surface area contributed by atoms with Gasteiger partial charge in [0.25, 0.3) is 5.91 Å². The molecule has 0 fully saturated rings. The molecule has 0 aliphatic carbocycles. The molecule has 0 aromatic heterocycles. The van der Waals surface area contributed by atoms with Crippen LogP contribution in [-0.4, -0.2) is 18.7 Å². The molecule has 0 radical (unpaired) electrons. The largest absolute Gasteiger partial charge is 0.484 e. The molecule has 1 amide bonds. The monoisotopic (exact) mass is 248 g/mol. The summed E-state index contributed by atoms with van der Waals surface area (Å²) in [4.78, 5) is 11.3. The number of rotatable bonds is 6. The normalized spacial score (nSPS) is 10.9. The lowest BCUT2D eigenvalue weighted by Crippen LogP contribution is -2.24. The Bertz CT molecular complexity index is 397. The zero-order chi connectivity index (χ0) is 13.4. The molecule has 0 spiro atoms. The van der Waals surface area contributed by atoms with Gasteiger partial charge in [-0.1, -0.05) is 32.9 Å². The molecule has 4 nitrogen and oxygen atoms in total. The first-order chi connectivity index (χ1) is 8.63. The van der Waals surface area contributed by atoms with Crippen LogP contribution >= 0.6 is 0 Å². The van der Waals surface area contributed by atoms with Crippen molar-refractivity contribution in [3.05, 3.63) is 29.8 Å². The third-order valence-electron chi connectivity index (χ3n) is 2.38. The van der Waals surface area contributed by atoms with Crippen LogP contribution in [0.3, 0.4) is 0 Å². The number of ether oxygens (including phenoxy) is 1. The third-order valence-corrected chi connectivity index (χ3v) is 2.38. The van der Waals surface area contributed by atoms with Crippen molar-refractivity contribution in [1.82, 2.24) is 5.43 Å².